The number of hydrogen-bond donors (Lipinski definition) is 1. The van der Waals surface area contributed by atoms with Crippen molar-refractivity contribution < 1.29 is 4.79 Å². The van der Waals surface area contributed by atoms with Crippen LogP contribution in [0.15, 0.2) is 35.3 Å². The SMILES string of the molecule is Cc1csc(NC(=O)N2CCC(=Cc3ccccn3)CC2)n1. The minimum Gasteiger partial charge on any atom is -0.324 e. The number of aromatic nitrogens is 2. The Hall–Kier alpha value is -2.21. The highest BCUT2D eigenvalue weighted by Crippen LogP contribution is 2.20. The number of nitrogens with zero attached hydrogens (tertiary/aromatic N) is 3. The van der Waals surface area contributed by atoms with E-state index in [2.05, 4.69) is 21.4 Å². The molecule has 3 heterocycles. The summed E-state index contributed by atoms with van der Waals surface area (Å²) in [6, 6.07) is 5.83. The normalized spacial score (nSPS) is 14.8. The number of nitrogens with one attached hydrogen (secondary N) is 1. The molecule has 1 saturated heterocycles. The molecular weight excluding hydrogens is 296 g/mol. The fraction of sp³-hybridized carbons (Fsp3) is 0.312. The quantitative estimate of drug-likeness (QED) is 0.922. The summed E-state index contributed by atoms with van der Waals surface area (Å²) in [4.78, 5) is 22.6. The van der Waals surface area contributed by atoms with Crippen LogP contribution in [-0.4, -0.2) is 34.0 Å². The largest absolute Gasteiger partial charge is 0.324 e. The highest BCUT2D eigenvalue weighted by Gasteiger charge is 2.19. The molecular formula is C16H18N4OS. The van der Waals surface area contributed by atoms with E-state index in [4.69, 9.17) is 0 Å². The van der Waals surface area contributed by atoms with Crippen molar-refractivity contribution in [3.05, 3.63) is 46.7 Å². The Labute approximate surface area is 133 Å². The molecule has 22 heavy (non-hydrogen) atoms. The highest BCUT2D eigenvalue weighted by atomic mass is 32.1. The van der Waals surface area contributed by atoms with E-state index in [1.807, 2.05) is 35.4 Å². The van der Waals surface area contributed by atoms with Crippen LogP contribution in [0, 0.1) is 6.92 Å². The van der Waals surface area contributed by atoms with Crippen molar-refractivity contribution in [1.29, 1.82) is 0 Å². The van der Waals surface area contributed by atoms with Crippen LogP contribution in [0.3, 0.4) is 0 Å². The first-order chi connectivity index (χ1) is 10.7. The van der Waals surface area contributed by atoms with E-state index in [-0.39, 0.29) is 6.03 Å². The van der Waals surface area contributed by atoms with Crippen LogP contribution >= 0.6 is 11.3 Å². The predicted molar refractivity (Wildman–Crippen MR) is 88.9 cm³/mol. The van der Waals surface area contributed by atoms with E-state index in [1.165, 1.54) is 16.9 Å². The summed E-state index contributed by atoms with van der Waals surface area (Å²) in [5, 5.41) is 5.45. The Morgan fingerprint density at radius 3 is 2.82 bits per heavy atom. The van der Waals surface area contributed by atoms with Crippen molar-refractivity contribution in [2.45, 2.75) is 19.8 Å². The minimum atomic E-state index is -0.0637. The maximum Gasteiger partial charge on any atom is 0.323 e. The molecule has 0 radical (unpaired) electrons. The predicted octanol–water partition coefficient (Wildman–Crippen LogP) is 3.56. The molecule has 0 saturated carbocycles. The van der Waals surface area contributed by atoms with Gasteiger partial charge in [-0.05, 0) is 38.0 Å². The summed E-state index contributed by atoms with van der Waals surface area (Å²) in [7, 11) is 0. The third kappa shape index (κ3) is 3.71. The number of pyridine rings is 1. The van der Waals surface area contributed by atoms with Gasteiger partial charge in [-0.3, -0.25) is 10.3 Å². The molecule has 6 heteroatoms. The summed E-state index contributed by atoms with van der Waals surface area (Å²) in [6.07, 6.45) is 5.70. The average molecular weight is 314 g/mol. The number of carbonyl (C=O) groups excluding carboxylic acids is 1. The molecule has 0 spiro atoms. The molecule has 5 nitrogen and oxygen atoms in total. The fourth-order valence-electron chi connectivity index (χ4n) is 2.39. The van der Waals surface area contributed by atoms with Gasteiger partial charge in [-0.1, -0.05) is 11.6 Å². The van der Waals surface area contributed by atoms with E-state index in [0.29, 0.717) is 5.13 Å². The minimum absolute atomic E-state index is 0.0637. The van der Waals surface area contributed by atoms with Crippen LogP contribution in [0.2, 0.25) is 0 Å². The Balaban J connectivity index is 1.55. The lowest BCUT2D eigenvalue weighted by atomic mass is 10.0. The summed E-state index contributed by atoms with van der Waals surface area (Å²) in [5.41, 5.74) is 3.25. The average Bonchev–Trinajstić information content (AvgIpc) is 2.94. The van der Waals surface area contributed by atoms with Gasteiger partial charge in [0.1, 0.15) is 0 Å². The second kappa shape index (κ2) is 6.70. The lowest BCUT2D eigenvalue weighted by molar-refractivity contribution is 0.208. The standard InChI is InChI=1S/C16H18N4OS/c1-12-11-22-15(18-12)19-16(21)20-8-5-13(6-9-20)10-14-4-2-3-7-17-14/h2-4,7,10-11H,5-6,8-9H2,1H3,(H,18,19,21). The molecule has 2 amide bonds. The maximum atomic E-state index is 12.2. The molecule has 2 aromatic rings. The van der Waals surface area contributed by atoms with Gasteiger partial charge < -0.3 is 4.90 Å². The van der Waals surface area contributed by atoms with Gasteiger partial charge in [0.25, 0.3) is 0 Å². The van der Waals surface area contributed by atoms with Gasteiger partial charge in [0, 0.05) is 24.7 Å². The van der Waals surface area contributed by atoms with Crippen molar-refractivity contribution >= 4 is 28.6 Å². The number of rotatable bonds is 2. The molecule has 0 bridgehead atoms. The Kier molecular flexibility index (Phi) is 4.48. The molecule has 0 unspecified atom stereocenters. The number of hydrogen-bond acceptors (Lipinski definition) is 4. The molecule has 114 valence electrons. The van der Waals surface area contributed by atoms with Crippen LogP contribution in [-0.2, 0) is 0 Å². The first-order valence-corrected chi connectivity index (χ1v) is 8.17. The molecule has 1 N–H and O–H groups in total. The zero-order valence-corrected chi connectivity index (χ0v) is 13.3. The molecule has 0 aromatic carbocycles. The summed E-state index contributed by atoms with van der Waals surface area (Å²) >= 11 is 1.45. The molecule has 1 aliphatic rings. The Morgan fingerprint density at radius 2 is 2.18 bits per heavy atom. The van der Waals surface area contributed by atoms with Crippen LogP contribution < -0.4 is 5.32 Å². The zero-order valence-electron chi connectivity index (χ0n) is 12.5. The Bertz CT molecular complexity index is 670. The maximum absolute atomic E-state index is 12.2. The van der Waals surface area contributed by atoms with Crippen LogP contribution in [0.4, 0.5) is 9.93 Å². The van der Waals surface area contributed by atoms with Crippen molar-refractivity contribution in [3.63, 3.8) is 0 Å². The number of likely N-dealkylation sites (tertiary alicyclic amines) is 1. The van der Waals surface area contributed by atoms with Crippen molar-refractivity contribution in [1.82, 2.24) is 14.9 Å². The fourth-order valence-corrected chi connectivity index (χ4v) is 3.07. The van der Waals surface area contributed by atoms with Gasteiger partial charge in [0.05, 0.1) is 11.4 Å². The van der Waals surface area contributed by atoms with Gasteiger partial charge >= 0.3 is 6.03 Å². The second-order valence-electron chi connectivity index (χ2n) is 5.27. The monoisotopic (exact) mass is 314 g/mol. The van der Waals surface area contributed by atoms with Crippen LogP contribution in [0.5, 0.6) is 0 Å². The van der Waals surface area contributed by atoms with Gasteiger partial charge in [-0.2, -0.15) is 0 Å². The Morgan fingerprint density at radius 1 is 1.36 bits per heavy atom. The summed E-state index contributed by atoms with van der Waals surface area (Å²) < 4.78 is 0. The van der Waals surface area contributed by atoms with Crippen LogP contribution in [0.1, 0.15) is 24.2 Å². The number of thiazole rings is 1. The first-order valence-electron chi connectivity index (χ1n) is 7.29. The van der Waals surface area contributed by atoms with E-state index in [1.54, 1.807) is 6.20 Å². The molecule has 2 aromatic heterocycles. The van der Waals surface area contributed by atoms with E-state index < -0.39 is 0 Å². The molecule has 0 atom stereocenters. The third-order valence-electron chi connectivity index (χ3n) is 3.57. The highest BCUT2D eigenvalue weighted by molar-refractivity contribution is 7.13. The lowest BCUT2D eigenvalue weighted by Gasteiger charge is -2.28. The number of urea groups is 1. The van der Waals surface area contributed by atoms with Gasteiger partial charge in [0.15, 0.2) is 5.13 Å². The number of carbonyl (C=O) groups is 1. The van der Waals surface area contributed by atoms with Crippen molar-refractivity contribution in [2.75, 3.05) is 18.4 Å². The number of amides is 2. The van der Waals surface area contributed by atoms with E-state index >= 15 is 0 Å². The van der Waals surface area contributed by atoms with Gasteiger partial charge in [-0.25, -0.2) is 9.78 Å². The number of anilines is 1. The second-order valence-corrected chi connectivity index (χ2v) is 6.13. The smallest absolute Gasteiger partial charge is 0.323 e. The molecule has 1 aliphatic heterocycles. The van der Waals surface area contributed by atoms with Gasteiger partial charge in [0.2, 0.25) is 0 Å². The van der Waals surface area contributed by atoms with Crippen LogP contribution in [0.25, 0.3) is 6.08 Å². The molecule has 0 aliphatic carbocycles. The van der Waals surface area contributed by atoms with E-state index in [9.17, 15) is 4.79 Å². The van der Waals surface area contributed by atoms with Gasteiger partial charge in [-0.15, -0.1) is 11.3 Å². The summed E-state index contributed by atoms with van der Waals surface area (Å²) in [5.74, 6) is 0. The lowest BCUT2D eigenvalue weighted by Crippen LogP contribution is -2.39. The number of aryl methyl sites for hydroxylation is 1. The van der Waals surface area contributed by atoms with E-state index in [0.717, 1.165) is 37.3 Å². The number of piperidine rings is 1. The summed E-state index contributed by atoms with van der Waals surface area (Å²) in [6.45, 7) is 3.38. The zero-order chi connectivity index (χ0) is 15.4. The first kappa shape index (κ1) is 14.7. The third-order valence-corrected chi connectivity index (χ3v) is 4.44. The molecule has 1 fully saturated rings. The topological polar surface area (TPSA) is 58.1 Å². The van der Waals surface area contributed by atoms with Crippen molar-refractivity contribution in [2.24, 2.45) is 0 Å². The van der Waals surface area contributed by atoms with Crippen molar-refractivity contribution in [3.8, 4) is 0 Å². The molecule has 3 rings (SSSR count).